The molecule has 0 heterocycles. The second-order valence-corrected chi connectivity index (χ2v) is 4.69. The second kappa shape index (κ2) is 3.70. The molecule has 0 radical (unpaired) electrons. The Labute approximate surface area is 83.9 Å². The monoisotopic (exact) mass is 204 g/mol. The Hall–Kier alpha value is -0.510. The molecule has 0 spiro atoms. The van der Waals surface area contributed by atoms with Crippen LogP contribution in [0.1, 0.15) is 27.7 Å². The van der Waals surface area contributed by atoms with Crippen LogP contribution >= 0.6 is 12.6 Å². The van der Waals surface area contributed by atoms with E-state index >= 15 is 0 Å². The Morgan fingerprint density at radius 2 is 1.62 bits per heavy atom. The number of carboxylic acids is 1. The molecular formula is C9H16O3S. The first kappa shape index (κ1) is 12.5. The van der Waals surface area contributed by atoms with Gasteiger partial charge in [-0.25, -0.2) is 0 Å². The van der Waals surface area contributed by atoms with Gasteiger partial charge in [-0.05, 0) is 6.92 Å². The summed E-state index contributed by atoms with van der Waals surface area (Å²) >= 11 is 3.91. The number of ketones is 1. The van der Waals surface area contributed by atoms with Crippen molar-refractivity contribution < 1.29 is 14.7 Å². The van der Waals surface area contributed by atoms with Crippen molar-refractivity contribution >= 4 is 24.4 Å². The van der Waals surface area contributed by atoms with Gasteiger partial charge in [0.2, 0.25) is 0 Å². The maximum Gasteiger partial charge on any atom is 0.317 e. The van der Waals surface area contributed by atoms with Crippen molar-refractivity contribution in [2.75, 3.05) is 5.75 Å². The summed E-state index contributed by atoms with van der Waals surface area (Å²) in [6, 6.07) is 0. The van der Waals surface area contributed by atoms with E-state index in [0.29, 0.717) is 0 Å². The van der Waals surface area contributed by atoms with Crippen molar-refractivity contribution in [1.29, 1.82) is 0 Å². The lowest BCUT2D eigenvalue weighted by Crippen LogP contribution is -2.44. The Balaban J connectivity index is 5.01. The fraction of sp³-hybridized carbons (Fsp3) is 0.778. The Morgan fingerprint density at radius 3 is 1.69 bits per heavy atom. The quantitative estimate of drug-likeness (QED) is 0.542. The van der Waals surface area contributed by atoms with E-state index in [1.165, 1.54) is 6.92 Å². The number of hydrogen-bond acceptors (Lipinski definition) is 3. The normalized spacial score (nSPS) is 16.4. The highest BCUT2D eigenvalue weighted by molar-refractivity contribution is 7.80. The predicted molar refractivity (Wildman–Crippen MR) is 54.1 cm³/mol. The molecule has 3 nitrogen and oxygen atoms in total. The summed E-state index contributed by atoms with van der Waals surface area (Å²) in [6.07, 6.45) is 0. The number of carbonyl (C=O) groups excluding carboxylic acids is 1. The highest BCUT2D eigenvalue weighted by Crippen LogP contribution is 2.30. The van der Waals surface area contributed by atoms with Crippen LogP contribution in [0.2, 0.25) is 0 Å². The van der Waals surface area contributed by atoms with Crippen molar-refractivity contribution in [1.82, 2.24) is 0 Å². The van der Waals surface area contributed by atoms with Crippen LogP contribution < -0.4 is 0 Å². The summed E-state index contributed by atoms with van der Waals surface area (Å²) in [4.78, 5) is 22.6. The molecule has 0 bridgehead atoms. The van der Waals surface area contributed by atoms with Crippen LogP contribution in [0.5, 0.6) is 0 Å². The Kier molecular flexibility index (Phi) is 3.55. The first-order valence-electron chi connectivity index (χ1n) is 4.05. The number of carboxylic acid groups (broad SMARTS) is 1. The maximum absolute atomic E-state index is 11.7. The largest absolute Gasteiger partial charge is 0.480 e. The van der Waals surface area contributed by atoms with Gasteiger partial charge in [-0.3, -0.25) is 9.59 Å². The first-order chi connectivity index (χ1) is 5.66. The van der Waals surface area contributed by atoms with E-state index in [-0.39, 0.29) is 11.5 Å². The van der Waals surface area contributed by atoms with Crippen molar-refractivity contribution in [3.8, 4) is 0 Å². The molecule has 0 unspecified atom stereocenters. The summed E-state index contributed by atoms with van der Waals surface area (Å²) in [5, 5.41) is 8.90. The van der Waals surface area contributed by atoms with Crippen LogP contribution in [0.3, 0.4) is 0 Å². The van der Waals surface area contributed by atoms with E-state index in [4.69, 9.17) is 5.11 Å². The highest BCUT2D eigenvalue weighted by atomic mass is 32.1. The SMILES string of the molecule is CC(C)(C)C(=O)[C@](C)(CS)C(=O)O. The molecule has 76 valence electrons. The van der Waals surface area contributed by atoms with Gasteiger partial charge in [-0.1, -0.05) is 20.8 Å². The van der Waals surface area contributed by atoms with E-state index in [0.717, 1.165) is 0 Å². The van der Waals surface area contributed by atoms with Crippen molar-refractivity contribution in [3.05, 3.63) is 0 Å². The fourth-order valence-electron chi connectivity index (χ4n) is 1.06. The number of carbonyl (C=O) groups is 2. The molecule has 0 amide bonds. The number of aliphatic carboxylic acids is 1. The molecule has 0 aromatic carbocycles. The smallest absolute Gasteiger partial charge is 0.317 e. The number of hydrogen-bond donors (Lipinski definition) is 2. The van der Waals surface area contributed by atoms with Gasteiger partial charge in [0.05, 0.1) is 0 Å². The van der Waals surface area contributed by atoms with Crippen LogP contribution in [0.25, 0.3) is 0 Å². The molecule has 4 heteroatoms. The second-order valence-electron chi connectivity index (χ2n) is 4.37. The molecule has 1 atom stereocenters. The van der Waals surface area contributed by atoms with E-state index in [1.54, 1.807) is 20.8 Å². The van der Waals surface area contributed by atoms with Gasteiger partial charge in [0.1, 0.15) is 5.41 Å². The molecule has 1 N–H and O–H groups in total. The molecule has 0 saturated heterocycles. The minimum Gasteiger partial charge on any atom is -0.480 e. The van der Waals surface area contributed by atoms with Crippen molar-refractivity contribution in [2.45, 2.75) is 27.7 Å². The van der Waals surface area contributed by atoms with Crippen LogP contribution in [-0.2, 0) is 9.59 Å². The predicted octanol–water partition coefficient (Wildman–Crippen LogP) is 1.62. The van der Waals surface area contributed by atoms with Crippen LogP contribution in [0.4, 0.5) is 0 Å². The van der Waals surface area contributed by atoms with Gasteiger partial charge in [0.25, 0.3) is 0 Å². The molecule has 0 aliphatic heterocycles. The highest BCUT2D eigenvalue weighted by Gasteiger charge is 2.44. The fourth-order valence-corrected chi connectivity index (χ4v) is 1.34. The summed E-state index contributed by atoms with van der Waals surface area (Å²) < 4.78 is 0. The number of Topliss-reactive ketones (excluding diaryl/α,β-unsaturated/α-hetero) is 1. The summed E-state index contributed by atoms with van der Waals surface area (Å²) in [5.41, 5.74) is -2.02. The van der Waals surface area contributed by atoms with Gasteiger partial charge >= 0.3 is 5.97 Å². The third kappa shape index (κ3) is 2.46. The zero-order chi connectivity index (χ0) is 10.9. The number of rotatable bonds is 3. The Morgan fingerprint density at radius 1 is 1.23 bits per heavy atom. The Bertz CT molecular complexity index is 230. The molecule has 0 fully saturated rings. The van der Waals surface area contributed by atoms with E-state index in [1.807, 2.05) is 0 Å². The van der Waals surface area contributed by atoms with E-state index < -0.39 is 16.8 Å². The zero-order valence-corrected chi connectivity index (χ0v) is 9.31. The molecule has 0 rings (SSSR count). The molecule has 0 aliphatic carbocycles. The van der Waals surface area contributed by atoms with E-state index in [9.17, 15) is 9.59 Å². The minimum atomic E-state index is -1.37. The van der Waals surface area contributed by atoms with Crippen LogP contribution in [-0.4, -0.2) is 22.6 Å². The minimum absolute atomic E-state index is 0.0262. The first-order valence-corrected chi connectivity index (χ1v) is 4.68. The van der Waals surface area contributed by atoms with Gasteiger partial charge in [-0.2, -0.15) is 12.6 Å². The van der Waals surface area contributed by atoms with E-state index in [2.05, 4.69) is 12.6 Å². The standard InChI is InChI=1S/C9H16O3S/c1-8(2,3)6(10)9(4,5-13)7(11)12/h13H,5H2,1-4H3,(H,11,12)/t9-/m0/s1. The lowest BCUT2D eigenvalue weighted by atomic mass is 9.74. The molecular weight excluding hydrogens is 188 g/mol. The zero-order valence-electron chi connectivity index (χ0n) is 8.42. The third-order valence-electron chi connectivity index (χ3n) is 1.97. The summed E-state index contributed by atoms with van der Waals surface area (Å²) in [6.45, 7) is 6.54. The molecule has 0 aromatic heterocycles. The molecule has 0 aromatic rings. The van der Waals surface area contributed by atoms with Gasteiger partial charge in [-0.15, -0.1) is 0 Å². The topological polar surface area (TPSA) is 54.4 Å². The molecule has 0 aliphatic rings. The summed E-state index contributed by atoms with van der Waals surface area (Å²) in [5.74, 6) is -1.37. The molecule has 13 heavy (non-hydrogen) atoms. The lowest BCUT2D eigenvalue weighted by Gasteiger charge is -2.28. The van der Waals surface area contributed by atoms with Crippen molar-refractivity contribution in [3.63, 3.8) is 0 Å². The number of thiol groups is 1. The van der Waals surface area contributed by atoms with Crippen LogP contribution in [0, 0.1) is 10.8 Å². The van der Waals surface area contributed by atoms with Gasteiger partial charge in [0, 0.05) is 11.2 Å². The van der Waals surface area contributed by atoms with Gasteiger partial charge < -0.3 is 5.11 Å². The maximum atomic E-state index is 11.7. The molecule has 0 saturated carbocycles. The average molecular weight is 204 g/mol. The van der Waals surface area contributed by atoms with Gasteiger partial charge in [0.15, 0.2) is 5.78 Å². The van der Waals surface area contributed by atoms with Crippen LogP contribution in [0.15, 0.2) is 0 Å². The van der Waals surface area contributed by atoms with Crippen molar-refractivity contribution in [2.24, 2.45) is 10.8 Å². The lowest BCUT2D eigenvalue weighted by molar-refractivity contribution is -0.155. The third-order valence-corrected chi connectivity index (χ3v) is 2.60. The average Bonchev–Trinajstić information content (AvgIpc) is 1.99. The summed E-state index contributed by atoms with van der Waals surface area (Å²) in [7, 11) is 0.